The van der Waals surface area contributed by atoms with Crippen LogP contribution in [0.3, 0.4) is 0 Å². The number of thioether (sulfide) groups is 1. The number of halogens is 1. The van der Waals surface area contributed by atoms with Crippen LogP contribution in [0.1, 0.15) is 39.0 Å². The molecule has 2 aliphatic heterocycles. The third kappa shape index (κ3) is 2.95. The zero-order valence-corrected chi connectivity index (χ0v) is 12.4. The van der Waals surface area contributed by atoms with Crippen LogP contribution in [-0.4, -0.2) is 39.8 Å². The standard InChI is InChI=1S/C12H21BrN2S/c1-2-5-10-6-3-4-7-15(10)12-14-9-11(8-13)16-12/h10-11H,2-9H2,1H3. The van der Waals surface area contributed by atoms with Crippen LogP contribution in [0.4, 0.5) is 0 Å². The lowest BCUT2D eigenvalue weighted by Crippen LogP contribution is -2.42. The van der Waals surface area contributed by atoms with Crippen molar-refractivity contribution in [1.82, 2.24) is 4.90 Å². The van der Waals surface area contributed by atoms with Crippen molar-refractivity contribution in [1.29, 1.82) is 0 Å². The largest absolute Gasteiger partial charge is 0.349 e. The number of hydrogen-bond acceptors (Lipinski definition) is 3. The van der Waals surface area contributed by atoms with Gasteiger partial charge in [0.2, 0.25) is 0 Å². The third-order valence-electron chi connectivity index (χ3n) is 3.37. The van der Waals surface area contributed by atoms with Crippen LogP contribution < -0.4 is 0 Å². The Labute approximate surface area is 111 Å². The Morgan fingerprint density at radius 2 is 2.38 bits per heavy atom. The monoisotopic (exact) mass is 304 g/mol. The second-order valence-electron chi connectivity index (χ2n) is 4.65. The van der Waals surface area contributed by atoms with Gasteiger partial charge in [-0.05, 0) is 25.7 Å². The fourth-order valence-corrected chi connectivity index (χ4v) is 4.16. The molecule has 2 rings (SSSR count). The van der Waals surface area contributed by atoms with Crippen LogP contribution in [0.25, 0.3) is 0 Å². The molecule has 2 nitrogen and oxygen atoms in total. The average Bonchev–Trinajstić information content (AvgIpc) is 2.79. The molecule has 4 heteroatoms. The van der Waals surface area contributed by atoms with Gasteiger partial charge >= 0.3 is 0 Å². The van der Waals surface area contributed by atoms with Gasteiger partial charge in [0, 0.05) is 23.2 Å². The molecule has 0 bridgehead atoms. The lowest BCUT2D eigenvalue weighted by Gasteiger charge is -2.37. The topological polar surface area (TPSA) is 15.6 Å². The smallest absolute Gasteiger partial charge is 0.159 e. The summed E-state index contributed by atoms with van der Waals surface area (Å²) in [6.07, 6.45) is 6.74. The van der Waals surface area contributed by atoms with Gasteiger partial charge in [0.05, 0.1) is 6.54 Å². The van der Waals surface area contributed by atoms with Gasteiger partial charge in [0.15, 0.2) is 5.17 Å². The van der Waals surface area contributed by atoms with Crippen LogP contribution >= 0.6 is 27.7 Å². The van der Waals surface area contributed by atoms with E-state index in [1.54, 1.807) is 0 Å². The summed E-state index contributed by atoms with van der Waals surface area (Å²) in [5.41, 5.74) is 0. The van der Waals surface area contributed by atoms with E-state index in [0.717, 1.165) is 17.9 Å². The highest BCUT2D eigenvalue weighted by Gasteiger charge is 2.29. The molecule has 0 amide bonds. The van der Waals surface area contributed by atoms with Crippen molar-refractivity contribution < 1.29 is 0 Å². The summed E-state index contributed by atoms with van der Waals surface area (Å²) in [6, 6.07) is 0.763. The summed E-state index contributed by atoms with van der Waals surface area (Å²) in [5, 5.41) is 3.05. The van der Waals surface area contributed by atoms with E-state index in [-0.39, 0.29) is 0 Å². The molecule has 2 heterocycles. The highest BCUT2D eigenvalue weighted by Crippen LogP contribution is 2.30. The van der Waals surface area contributed by atoms with Gasteiger partial charge in [-0.3, -0.25) is 4.99 Å². The lowest BCUT2D eigenvalue weighted by molar-refractivity contribution is 0.233. The van der Waals surface area contributed by atoms with Crippen LogP contribution in [0.5, 0.6) is 0 Å². The van der Waals surface area contributed by atoms with E-state index >= 15 is 0 Å². The van der Waals surface area contributed by atoms with Crippen molar-refractivity contribution in [3.8, 4) is 0 Å². The van der Waals surface area contributed by atoms with Gasteiger partial charge in [-0.2, -0.15) is 0 Å². The number of rotatable bonds is 3. The zero-order chi connectivity index (χ0) is 11.4. The van der Waals surface area contributed by atoms with E-state index in [2.05, 4.69) is 27.8 Å². The quantitative estimate of drug-likeness (QED) is 0.742. The normalized spacial score (nSPS) is 30.6. The molecular formula is C12H21BrN2S. The van der Waals surface area contributed by atoms with Crippen LogP contribution in [0.15, 0.2) is 4.99 Å². The van der Waals surface area contributed by atoms with Gasteiger partial charge in [-0.15, -0.1) is 0 Å². The SMILES string of the molecule is CCCC1CCCCN1C1=NCC(CBr)S1. The second kappa shape index (κ2) is 6.29. The first-order valence-corrected chi connectivity index (χ1v) is 8.39. The molecule has 0 aliphatic carbocycles. The van der Waals surface area contributed by atoms with E-state index in [4.69, 9.17) is 4.99 Å². The van der Waals surface area contributed by atoms with Crippen molar-refractivity contribution in [2.75, 3.05) is 18.4 Å². The predicted octanol–water partition coefficient (Wildman–Crippen LogP) is 3.51. The summed E-state index contributed by atoms with van der Waals surface area (Å²) in [7, 11) is 0. The van der Waals surface area contributed by atoms with Gasteiger partial charge < -0.3 is 4.90 Å². The first kappa shape index (κ1) is 12.7. The minimum Gasteiger partial charge on any atom is -0.349 e. The van der Waals surface area contributed by atoms with E-state index < -0.39 is 0 Å². The molecule has 0 radical (unpaired) electrons. The second-order valence-corrected chi connectivity index (χ2v) is 6.56. The van der Waals surface area contributed by atoms with Crippen LogP contribution in [0, 0.1) is 0 Å². The maximum atomic E-state index is 4.72. The van der Waals surface area contributed by atoms with Crippen LogP contribution in [0.2, 0.25) is 0 Å². The summed E-state index contributed by atoms with van der Waals surface area (Å²) in [6.45, 7) is 4.52. The number of nitrogens with zero attached hydrogens (tertiary/aromatic N) is 2. The number of piperidine rings is 1. The van der Waals surface area contributed by atoms with E-state index in [1.165, 1.54) is 43.8 Å². The Balaban J connectivity index is 1.95. The molecule has 0 aromatic carbocycles. The van der Waals surface area contributed by atoms with E-state index in [0.29, 0.717) is 5.25 Å². The number of likely N-dealkylation sites (tertiary alicyclic amines) is 1. The summed E-state index contributed by atoms with van der Waals surface area (Å²) >= 11 is 5.54. The highest BCUT2D eigenvalue weighted by molar-refractivity contribution is 9.09. The molecule has 2 atom stereocenters. The van der Waals surface area contributed by atoms with Crippen molar-refractivity contribution in [3.05, 3.63) is 0 Å². The lowest BCUT2D eigenvalue weighted by atomic mass is 9.99. The molecule has 1 saturated heterocycles. The fraction of sp³-hybridized carbons (Fsp3) is 0.917. The predicted molar refractivity (Wildman–Crippen MR) is 76.7 cm³/mol. The van der Waals surface area contributed by atoms with Crippen molar-refractivity contribution in [3.63, 3.8) is 0 Å². The number of alkyl halides is 1. The molecule has 0 N–H and O–H groups in total. The van der Waals surface area contributed by atoms with E-state index in [1.807, 2.05) is 11.8 Å². The van der Waals surface area contributed by atoms with Crippen molar-refractivity contribution >= 4 is 32.9 Å². The number of hydrogen-bond donors (Lipinski definition) is 0. The molecule has 2 aliphatic rings. The highest BCUT2D eigenvalue weighted by atomic mass is 79.9. The summed E-state index contributed by atoms with van der Waals surface area (Å²) in [5.74, 6) is 0. The molecular weight excluding hydrogens is 284 g/mol. The Kier molecular flexibility index (Phi) is 5.01. The number of amidine groups is 1. The minimum absolute atomic E-state index is 0.666. The Morgan fingerprint density at radius 3 is 3.06 bits per heavy atom. The summed E-state index contributed by atoms with van der Waals surface area (Å²) < 4.78 is 0. The van der Waals surface area contributed by atoms with Gasteiger partial charge in [0.25, 0.3) is 0 Å². The average molecular weight is 305 g/mol. The third-order valence-corrected chi connectivity index (χ3v) is 5.80. The maximum Gasteiger partial charge on any atom is 0.159 e. The molecule has 0 saturated carbocycles. The van der Waals surface area contributed by atoms with Gasteiger partial charge in [-0.1, -0.05) is 41.0 Å². The van der Waals surface area contributed by atoms with Gasteiger partial charge in [-0.25, -0.2) is 0 Å². The minimum atomic E-state index is 0.666. The molecule has 0 spiro atoms. The first-order chi connectivity index (χ1) is 7.85. The molecule has 1 fully saturated rings. The molecule has 0 aromatic heterocycles. The molecule has 16 heavy (non-hydrogen) atoms. The number of aliphatic imine (C=N–C) groups is 1. The zero-order valence-electron chi connectivity index (χ0n) is 9.99. The first-order valence-electron chi connectivity index (χ1n) is 6.39. The Hall–Kier alpha value is 0.300. The molecule has 2 unspecified atom stereocenters. The van der Waals surface area contributed by atoms with Crippen LogP contribution in [-0.2, 0) is 0 Å². The van der Waals surface area contributed by atoms with Gasteiger partial charge in [0.1, 0.15) is 0 Å². The Bertz CT molecular complexity index is 255. The Morgan fingerprint density at radius 1 is 1.50 bits per heavy atom. The van der Waals surface area contributed by atoms with Crippen molar-refractivity contribution in [2.45, 2.75) is 50.3 Å². The van der Waals surface area contributed by atoms with Crippen molar-refractivity contribution in [2.24, 2.45) is 4.99 Å². The fourth-order valence-electron chi connectivity index (χ4n) is 2.53. The summed E-state index contributed by atoms with van der Waals surface area (Å²) in [4.78, 5) is 7.30. The maximum absolute atomic E-state index is 4.72. The molecule has 92 valence electrons. The molecule has 0 aromatic rings. The van der Waals surface area contributed by atoms with E-state index in [9.17, 15) is 0 Å².